The largest absolute Gasteiger partial charge is 0.489 e. The van der Waals surface area contributed by atoms with Crippen LogP contribution >= 0.6 is 11.8 Å². The second-order valence-electron chi connectivity index (χ2n) is 5.48. The van der Waals surface area contributed by atoms with Gasteiger partial charge in [-0.25, -0.2) is 0 Å². The summed E-state index contributed by atoms with van der Waals surface area (Å²) in [6.07, 6.45) is 0. The quantitative estimate of drug-likeness (QED) is 0.734. The molecule has 1 aliphatic rings. The average Bonchev–Trinajstić information content (AvgIpc) is 2.76. The van der Waals surface area contributed by atoms with E-state index in [9.17, 15) is 4.79 Å². The lowest BCUT2D eigenvalue weighted by molar-refractivity contribution is 0.102. The van der Waals surface area contributed by atoms with Crippen LogP contribution in [0.15, 0.2) is 82.6 Å². The van der Waals surface area contributed by atoms with E-state index in [-0.39, 0.29) is 5.91 Å². The summed E-state index contributed by atoms with van der Waals surface area (Å²) in [7, 11) is 0. The number of hydrogen-bond acceptors (Lipinski definition) is 3. The molecule has 24 heavy (non-hydrogen) atoms. The maximum absolute atomic E-state index is 12.4. The van der Waals surface area contributed by atoms with Crippen molar-refractivity contribution in [1.82, 2.24) is 0 Å². The van der Waals surface area contributed by atoms with Crippen LogP contribution in [0, 0.1) is 0 Å². The fraction of sp³-hybridized carbons (Fsp3) is 0.0500. The molecular formula is C20H15NO2S. The van der Waals surface area contributed by atoms with Gasteiger partial charge in [-0.1, -0.05) is 54.2 Å². The van der Waals surface area contributed by atoms with Crippen molar-refractivity contribution in [3.8, 4) is 5.75 Å². The second kappa shape index (κ2) is 6.42. The zero-order valence-corrected chi connectivity index (χ0v) is 13.7. The van der Waals surface area contributed by atoms with Gasteiger partial charge in [-0.3, -0.25) is 4.79 Å². The van der Waals surface area contributed by atoms with Crippen LogP contribution in [0.3, 0.4) is 0 Å². The van der Waals surface area contributed by atoms with E-state index in [2.05, 4.69) is 5.32 Å². The fourth-order valence-corrected chi connectivity index (χ4v) is 3.59. The van der Waals surface area contributed by atoms with E-state index in [0.29, 0.717) is 12.2 Å². The SMILES string of the molecule is O=C1Nc2cc(OCc3ccccc3)ccc2Sc2ccccc21. The lowest BCUT2D eigenvalue weighted by Gasteiger charge is -2.10. The number of carbonyl (C=O) groups is 1. The van der Waals surface area contributed by atoms with Crippen molar-refractivity contribution < 1.29 is 9.53 Å². The lowest BCUT2D eigenvalue weighted by Crippen LogP contribution is -2.11. The Labute approximate surface area is 144 Å². The van der Waals surface area contributed by atoms with Gasteiger partial charge in [-0.05, 0) is 29.8 Å². The Balaban J connectivity index is 1.58. The van der Waals surface area contributed by atoms with Crippen LogP contribution in [0.5, 0.6) is 5.75 Å². The molecule has 0 atom stereocenters. The number of rotatable bonds is 3. The number of nitrogens with one attached hydrogen (secondary N) is 1. The van der Waals surface area contributed by atoms with Gasteiger partial charge in [0.25, 0.3) is 5.91 Å². The molecule has 0 radical (unpaired) electrons. The molecule has 0 unspecified atom stereocenters. The zero-order chi connectivity index (χ0) is 16.4. The van der Waals surface area contributed by atoms with Crippen molar-refractivity contribution in [1.29, 1.82) is 0 Å². The summed E-state index contributed by atoms with van der Waals surface area (Å²) < 4.78 is 5.85. The average molecular weight is 333 g/mol. The normalized spacial score (nSPS) is 12.6. The molecule has 3 nitrogen and oxygen atoms in total. The molecule has 1 amide bonds. The third-order valence-corrected chi connectivity index (χ3v) is 4.95. The Morgan fingerprint density at radius 1 is 0.875 bits per heavy atom. The van der Waals surface area contributed by atoms with Crippen LogP contribution in [-0.2, 0) is 6.61 Å². The Kier molecular flexibility index (Phi) is 3.97. The van der Waals surface area contributed by atoms with Crippen molar-refractivity contribution >= 4 is 23.4 Å². The van der Waals surface area contributed by atoms with Gasteiger partial charge in [-0.2, -0.15) is 0 Å². The number of fused-ring (bicyclic) bond motifs is 2. The monoisotopic (exact) mass is 333 g/mol. The van der Waals surface area contributed by atoms with Crippen molar-refractivity contribution in [3.05, 3.63) is 83.9 Å². The van der Waals surface area contributed by atoms with Gasteiger partial charge in [-0.15, -0.1) is 0 Å². The Morgan fingerprint density at radius 2 is 1.67 bits per heavy atom. The van der Waals surface area contributed by atoms with Gasteiger partial charge in [0.1, 0.15) is 12.4 Å². The smallest absolute Gasteiger partial charge is 0.256 e. The first kappa shape index (κ1) is 14.8. The summed E-state index contributed by atoms with van der Waals surface area (Å²) >= 11 is 1.59. The number of benzene rings is 3. The van der Waals surface area contributed by atoms with Gasteiger partial charge in [0.15, 0.2) is 0 Å². The predicted molar refractivity (Wildman–Crippen MR) is 95.7 cm³/mol. The van der Waals surface area contributed by atoms with E-state index in [4.69, 9.17) is 4.74 Å². The minimum atomic E-state index is -0.0861. The number of amides is 1. The third-order valence-electron chi connectivity index (χ3n) is 3.80. The lowest BCUT2D eigenvalue weighted by atomic mass is 10.2. The van der Waals surface area contributed by atoms with Gasteiger partial charge in [0.2, 0.25) is 0 Å². The molecule has 0 fully saturated rings. The van der Waals surface area contributed by atoms with E-state index in [1.165, 1.54) is 0 Å². The van der Waals surface area contributed by atoms with E-state index in [1.54, 1.807) is 11.8 Å². The van der Waals surface area contributed by atoms with Gasteiger partial charge in [0, 0.05) is 15.9 Å². The maximum Gasteiger partial charge on any atom is 0.256 e. The summed E-state index contributed by atoms with van der Waals surface area (Å²) in [6.45, 7) is 0.501. The highest BCUT2D eigenvalue weighted by Gasteiger charge is 2.19. The molecule has 4 rings (SSSR count). The third kappa shape index (κ3) is 3.01. The highest BCUT2D eigenvalue weighted by Crippen LogP contribution is 2.40. The topological polar surface area (TPSA) is 38.3 Å². The number of hydrogen-bond donors (Lipinski definition) is 1. The molecule has 0 spiro atoms. The Hall–Kier alpha value is -2.72. The molecule has 0 aliphatic carbocycles. The molecule has 0 bridgehead atoms. The van der Waals surface area contributed by atoms with E-state index in [0.717, 1.165) is 26.8 Å². The molecule has 1 aliphatic heterocycles. The highest BCUT2D eigenvalue weighted by molar-refractivity contribution is 7.99. The van der Waals surface area contributed by atoms with E-state index < -0.39 is 0 Å². The molecule has 3 aromatic rings. The first-order chi connectivity index (χ1) is 11.8. The van der Waals surface area contributed by atoms with Crippen LogP contribution in [0.25, 0.3) is 0 Å². The van der Waals surface area contributed by atoms with Crippen LogP contribution in [0.2, 0.25) is 0 Å². The molecule has 0 saturated carbocycles. The summed E-state index contributed by atoms with van der Waals surface area (Å²) in [5.74, 6) is 0.654. The number of anilines is 1. The first-order valence-corrected chi connectivity index (χ1v) is 8.50. The standard InChI is InChI=1S/C20H15NO2S/c22-20-16-8-4-5-9-18(16)24-19-11-10-15(12-17(19)21-20)23-13-14-6-2-1-3-7-14/h1-12H,13H2,(H,21,22). The Bertz CT molecular complexity index is 893. The van der Waals surface area contributed by atoms with Crippen LogP contribution < -0.4 is 10.1 Å². The number of carbonyl (C=O) groups excluding carboxylic acids is 1. The molecule has 1 heterocycles. The minimum absolute atomic E-state index is 0.0861. The molecule has 0 saturated heterocycles. The van der Waals surface area contributed by atoms with Crippen molar-refractivity contribution in [3.63, 3.8) is 0 Å². The van der Waals surface area contributed by atoms with Crippen LogP contribution in [0.4, 0.5) is 5.69 Å². The van der Waals surface area contributed by atoms with Gasteiger partial charge >= 0.3 is 0 Å². The number of ether oxygens (including phenoxy) is 1. The van der Waals surface area contributed by atoms with Crippen molar-refractivity contribution in [2.24, 2.45) is 0 Å². The summed E-state index contributed by atoms with van der Waals surface area (Å²) in [5.41, 5.74) is 2.59. The minimum Gasteiger partial charge on any atom is -0.489 e. The van der Waals surface area contributed by atoms with Gasteiger partial charge in [0.05, 0.1) is 11.3 Å². The Morgan fingerprint density at radius 3 is 2.54 bits per heavy atom. The molecule has 0 aromatic heterocycles. The summed E-state index contributed by atoms with van der Waals surface area (Å²) in [5, 5.41) is 2.98. The molecule has 4 heteroatoms. The van der Waals surface area contributed by atoms with E-state index in [1.807, 2.05) is 72.8 Å². The highest BCUT2D eigenvalue weighted by atomic mass is 32.2. The van der Waals surface area contributed by atoms with E-state index >= 15 is 0 Å². The predicted octanol–water partition coefficient (Wildman–Crippen LogP) is 4.98. The maximum atomic E-state index is 12.4. The summed E-state index contributed by atoms with van der Waals surface area (Å²) in [4.78, 5) is 14.4. The summed E-state index contributed by atoms with van der Waals surface area (Å²) in [6, 6.07) is 23.5. The fourth-order valence-electron chi connectivity index (χ4n) is 2.58. The van der Waals surface area contributed by atoms with Crippen molar-refractivity contribution in [2.75, 3.05) is 5.32 Å². The molecule has 118 valence electrons. The van der Waals surface area contributed by atoms with Crippen LogP contribution in [-0.4, -0.2) is 5.91 Å². The van der Waals surface area contributed by atoms with Crippen LogP contribution in [0.1, 0.15) is 15.9 Å². The van der Waals surface area contributed by atoms with Gasteiger partial charge < -0.3 is 10.1 Å². The molecule has 3 aromatic carbocycles. The molecular weight excluding hydrogens is 318 g/mol. The second-order valence-corrected chi connectivity index (χ2v) is 6.57. The first-order valence-electron chi connectivity index (χ1n) is 7.68. The molecule has 1 N–H and O–H groups in total. The zero-order valence-electron chi connectivity index (χ0n) is 12.9. The van der Waals surface area contributed by atoms with Crippen molar-refractivity contribution in [2.45, 2.75) is 16.4 Å².